The Balaban J connectivity index is 0.000000451. The van der Waals surface area contributed by atoms with Crippen molar-refractivity contribution in [1.29, 1.82) is 0 Å². The number of hydrogen-bond acceptors (Lipinski definition) is 6. The monoisotopic (exact) mass is 464 g/mol. The molecular formula is C17H14F6N6O3. The lowest BCUT2D eigenvalue weighted by Crippen LogP contribution is -2.22. The first-order chi connectivity index (χ1) is 14.8. The number of halogens is 6. The van der Waals surface area contributed by atoms with Gasteiger partial charge in [-0.25, -0.2) is 9.78 Å². The van der Waals surface area contributed by atoms with Gasteiger partial charge in [0, 0.05) is 17.4 Å². The molecule has 15 heteroatoms. The Bertz CT molecular complexity index is 1050. The van der Waals surface area contributed by atoms with E-state index in [1.807, 2.05) is 0 Å². The number of nitrogens with zero attached hydrogens (tertiary/aromatic N) is 2. The van der Waals surface area contributed by atoms with Crippen molar-refractivity contribution in [2.24, 2.45) is 5.73 Å². The number of nitrogens with two attached hydrogens (primary N) is 1. The highest BCUT2D eigenvalue weighted by Crippen LogP contribution is 2.29. The highest BCUT2D eigenvalue weighted by Gasteiger charge is 2.38. The number of carbonyl (C=O) groups excluding carboxylic acids is 1. The molecule has 1 aromatic carbocycles. The molecule has 0 aromatic heterocycles. The number of alkyl halides is 6. The van der Waals surface area contributed by atoms with E-state index < -0.39 is 30.8 Å². The van der Waals surface area contributed by atoms with Gasteiger partial charge in [0.05, 0.1) is 5.56 Å². The molecule has 0 unspecified atom stereocenters. The van der Waals surface area contributed by atoms with Crippen LogP contribution >= 0.6 is 0 Å². The summed E-state index contributed by atoms with van der Waals surface area (Å²) in [4.78, 5) is 31.0. The molecule has 0 aliphatic carbocycles. The summed E-state index contributed by atoms with van der Waals surface area (Å²) in [5.41, 5.74) is 6.52. The number of fused-ring (bicyclic) bond motifs is 1. The normalized spacial score (nSPS) is 11.4. The Labute approximate surface area is 175 Å². The average Bonchev–Trinajstić information content (AvgIpc) is 3.14. The Morgan fingerprint density at radius 2 is 1.66 bits per heavy atom. The van der Waals surface area contributed by atoms with Crippen LogP contribution in [0.2, 0.25) is 0 Å². The minimum atomic E-state index is -5.08. The Morgan fingerprint density at radius 1 is 1.06 bits per heavy atom. The fourth-order valence-electron chi connectivity index (χ4n) is 2.17. The summed E-state index contributed by atoms with van der Waals surface area (Å²) < 4.78 is 69.1. The maximum absolute atomic E-state index is 12.5. The van der Waals surface area contributed by atoms with E-state index in [1.165, 1.54) is 18.3 Å². The molecule has 0 fully saturated rings. The minimum absolute atomic E-state index is 0.0554. The van der Waals surface area contributed by atoms with Crippen molar-refractivity contribution in [2.45, 2.75) is 12.4 Å². The number of carboxylic acids is 1. The highest BCUT2D eigenvalue weighted by atomic mass is 19.4. The molecule has 0 bridgehead atoms. The van der Waals surface area contributed by atoms with Crippen LogP contribution < -0.4 is 16.4 Å². The van der Waals surface area contributed by atoms with Crippen molar-refractivity contribution >= 4 is 29.3 Å². The zero-order valence-corrected chi connectivity index (χ0v) is 15.7. The Morgan fingerprint density at radius 3 is 2.16 bits per heavy atom. The Kier molecular flexibility index (Phi) is 7.12. The number of aromatic nitrogens is 3. The molecule has 172 valence electrons. The molecule has 3 rings (SSSR count). The Hall–Kier alpha value is -4.04. The van der Waals surface area contributed by atoms with Gasteiger partial charge in [0.2, 0.25) is 11.9 Å². The van der Waals surface area contributed by atoms with E-state index in [1.54, 1.807) is 18.2 Å². The fourth-order valence-corrected chi connectivity index (χ4v) is 2.17. The number of carboxylic acid groups (broad SMARTS) is 1. The first-order valence-corrected chi connectivity index (χ1v) is 8.38. The van der Waals surface area contributed by atoms with Gasteiger partial charge in [-0.15, -0.1) is 0 Å². The summed E-state index contributed by atoms with van der Waals surface area (Å²) in [5, 5.41) is 12.3. The van der Waals surface area contributed by atoms with Crippen molar-refractivity contribution in [3.05, 3.63) is 42.1 Å². The lowest BCUT2D eigenvalue weighted by atomic mass is 10.2. The molecule has 0 radical (unpaired) electrons. The van der Waals surface area contributed by atoms with Crippen molar-refractivity contribution in [2.75, 3.05) is 17.2 Å². The van der Waals surface area contributed by atoms with Crippen LogP contribution in [0, 0.1) is 0 Å². The number of aromatic amines is 1. The van der Waals surface area contributed by atoms with E-state index in [4.69, 9.17) is 15.6 Å². The molecule has 32 heavy (non-hydrogen) atoms. The largest absolute Gasteiger partial charge is 0.490 e. The molecule has 1 amide bonds. The lowest BCUT2D eigenvalue weighted by molar-refractivity contribution is -0.192. The third kappa shape index (κ3) is 7.03. The van der Waals surface area contributed by atoms with Gasteiger partial charge >= 0.3 is 18.3 Å². The summed E-state index contributed by atoms with van der Waals surface area (Å²) in [7, 11) is 0. The molecule has 6 N–H and O–H groups in total. The van der Waals surface area contributed by atoms with Crippen molar-refractivity contribution in [3.8, 4) is 11.4 Å². The second kappa shape index (κ2) is 9.40. The van der Waals surface area contributed by atoms with Crippen LogP contribution in [0.5, 0.6) is 0 Å². The van der Waals surface area contributed by atoms with Gasteiger partial charge < -0.3 is 26.5 Å². The number of hydrogen-bond donors (Lipinski definition) is 5. The number of amides is 1. The van der Waals surface area contributed by atoms with Crippen LogP contribution in [0.4, 0.5) is 43.8 Å². The number of benzene rings is 1. The van der Waals surface area contributed by atoms with E-state index >= 15 is 0 Å². The topological polar surface area (TPSA) is 146 Å². The first kappa shape index (κ1) is 24.2. The smallest absolute Gasteiger partial charge is 0.475 e. The first-order valence-electron chi connectivity index (χ1n) is 8.38. The molecular weight excluding hydrogens is 450 g/mol. The van der Waals surface area contributed by atoms with Gasteiger partial charge in [0.1, 0.15) is 18.2 Å². The molecule has 9 nitrogen and oxygen atoms in total. The predicted molar refractivity (Wildman–Crippen MR) is 99.5 cm³/mol. The zero-order chi connectivity index (χ0) is 24.1. The lowest BCUT2D eigenvalue weighted by Gasteiger charge is -2.14. The average molecular weight is 464 g/mol. The van der Waals surface area contributed by atoms with Crippen LogP contribution in [-0.2, 0) is 4.79 Å². The number of aliphatic carboxylic acids is 1. The van der Waals surface area contributed by atoms with Gasteiger partial charge in [0.25, 0.3) is 0 Å². The predicted octanol–water partition coefficient (Wildman–Crippen LogP) is 3.36. The quantitative estimate of drug-likeness (QED) is 0.364. The van der Waals surface area contributed by atoms with Crippen LogP contribution in [0.15, 0.2) is 36.5 Å². The number of H-pyrrole nitrogens is 1. The van der Waals surface area contributed by atoms with Gasteiger partial charge in [-0.3, -0.25) is 4.79 Å². The van der Waals surface area contributed by atoms with E-state index in [-0.39, 0.29) is 11.8 Å². The number of primary amides is 1. The molecule has 1 aromatic rings. The van der Waals surface area contributed by atoms with Crippen LogP contribution in [-0.4, -0.2) is 50.8 Å². The van der Waals surface area contributed by atoms with Gasteiger partial charge in [-0.2, -0.15) is 31.3 Å². The molecule has 2 aliphatic rings. The maximum atomic E-state index is 12.5. The summed E-state index contributed by atoms with van der Waals surface area (Å²) in [6.07, 6.45) is -7.99. The number of rotatable bonds is 5. The van der Waals surface area contributed by atoms with Crippen LogP contribution in [0.3, 0.4) is 0 Å². The van der Waals surface area contributed by atoms with Crippen molar-refractivity contribution < 1.29 is 41.0 Å². The summed E-state index contributed by atoms with van der Waals surface area (Å²) in [5.74, 6) is -2.68. The molecule has 0 saturated heterocycles. The van der Waals surface area contributed by atoms with Gasteiger partial charge in [-0.1, -0.05) is 0 Å². The van der Waals surface area contributed by atoms with Gasteiger partial charge in [-0.05, 0) is 30.3 Å². The standard InChI is InChI=1S/C15H13F3N6O.C2HF3O2/c16-15(17,18)7-21-13-10-5-6-20-12(10)23-14(24-13)22-9-3-1-8(2-4-9)11(19)25;3-2(4,5)1(6)7/h1-6H,7H2,(H2,19,25)(H3,20,21,22,23,24);(H,6,7). The van der Waals surface area contributed by atoms with Gasteiger partial charge in [0.15, 0.2) is 0 Å². The summed E-state index contributed by atoms with van der Waals surface area (Å²) >= 11 is 0. The molecule has 0 saturated carbocycles. The zero-order valence-electron chi connectivity index (χ0n) is 15.7. The molecule has 0 spiro atoms. The fraction of sp³-hybridized carbons (Fsp3) is 0.176. The highest BCUT2D eigenvalue weighted by molar-refractivity contribution is 5.93. The van der Waals surface area contributed by atoms with E-state index in [9.17, 15) is 31.1 Å². The van der Waals surface area contributed by atoms with E-state index in [0.29, 0.717) is 22.6 Å². The second-order valence-corrected chi connectivity index (χ2v) is 5.98. The number of carbonyl (C=O) groups is 2. The van der Waals surface area contributed by atoms with Crippen LogP contribution in [0.25, 0.3) is 11.4 Å². The van der Waals surface area contributed by atoms with Crippen molar-refractivity contribution in [1.82, 2.24) is 15.0 Å². The molecule has 2 heterocycles. The number of anilines is 3. The van der Waals surface area contributed by atoms with E-state index in [2.05, 4.69) is 25.6 Å². The maximum Gasteiger partial charge on any atom is 0.490 e. The second-order valence-electron chi connectivity index (χ2n) is 5.98. The molecule has 2 aliphatic heterocycles. The third-order valence-electron chi connectivity index (χ3n) is 3.55. The SMILES string of the molecule is NC(=O)c1ccc(Nc2nc(NCC(F)(F)F)c3ccnc-3[nH]2)cc1.O=C(O)C(F)(F)F. The van der Waals surface area contributed by atoms with E-state index in [0.717, 1.165) is 0 Å². The number of nitrogens with one attached hydrogen (secondary N) is 3. The van der Waals surface area contributed by atoms with Crippen molar-refractivity contribution in [3.63, 3.8) is 0 Å². The summed E-state index contributed by atoms with van der Waals surface area (Å²) in [6, 6.07) is 7.80. The minimum Gasteiger partial charge on any atom is -0.475 e. The summed E-state index contributed by atoms with van der Waals surface area (Å²) in [6.45, 7) is -1.21. The third-order valence-corrected chi connectivity index (χ3v) is 3.55. The molecule has 0 atom stereocenters. The van der Waals surface area contributed by atoms with Crippen LogP contribution in [0.1, 0.15) is 10.4 Å².